The van der Waals surface area contributed by atoms with Gasteiger partial charge in [0.15, 0.2) is 0 Å². The van der Waals surface area contributed by atoms with Crippen LogP contribution in [0.15, 0.2) is 23.1 Å². The van der Waals surface area contributed by atoms with Gasteiger partial charge in [-0.1, -0.05) is 0 Å². The quantitative estimate of drug-likeness (QED) is 0.698. The highest BCUT2D eigenvalue weighted by atomic mass is 35.5. The second-order valence-electron chi connectivity index (χ2n) is 6.45. The van der Waals surface area contributed by atoms with Crippen LogP contribution >= 0.6 is 12.4 Å². The Bertz CT molecular complexity index is 768. The van der Waals surface area contributed by atoms with Gasteiger partial charge in [-0.2, -0.15) is 4.31 Å². The van der Waals surface area contributed by atoms with E-state index in [1.165, 1.54) is 36.7 Å². The average Bonchev–Trinajstić information content (AvgIpc) is 3.18. The normalized spacial score (nSPS) is 21.5. The highest BCUT2D eigenvalue weighted by Gasteiger charge is 2.37. The third-order valence-corrected chi connectivity index (χ3v) is 6.88. The number of esters is 1. The van der Waals surface area contributed by atoms with Crippen molar-refractivity contribution in [2.75, 3.05) is 53.5 Å². The zero-order valence-corrected chi connectivity index (χ0v) is 17.1. The molecule has 2 aliphatic rings. The Balaban J connectivity index is 0.00000261. The van der Waals surface area contributed by atoms with E-state index in [1.807, 2.05) is 0 Å². The van der Waals surface area contributed by atoms with E-state index in [2.05, 4.69) is 10.2 Å². The molecule has 8 nitrogen and oxygen atoms in total. The maximum Gasteiger partial charge on any atom is 0.337 e. The summed E-state index contributed by atoms with van der Waals surface area (Å²) in [7, 11) is -1.08. The lowest BCUT2D eigenvalue weighted by molar-refractivity contribution is 0.0600. The van der Waals surface area contributed by atoms with Crippen LogP contribution in [0.3, 0.4) is 0 Å². The Hall–Kier alpha value is -1.39. The minimum atomic E-state index is -3.76. The molecular weight excluding hydrogens is 394 g/mol. The van der Waals surface area contributed by atoms with Gasteiger partial charge in [0.25, 0.3) is 0 Å². The molecule has 0 bridgehead atoms. The summed E-state index contributed by atoms with van der Waals surface area (Å²) < 4.78 is 37.7. The Morgan fingerprint density at radius 3 is 2.52 bits per heavy atom. The molecule has 152 valence electrons. The van der Waals surface area contributed by atoms with Gasteiger partial charge in [-0.15, -0.1) is 12.4 Å². The van der Waals surface area contributed by atoms with E-state index in [-0.39, 0.29) is 34.7 Å². The fourth-order valence-corrected chi connectivity index (χ4v) is 5.21. The zero-order chi connectivity index (χ0) is 18.7. The van der Waals surface area contributed by atoms with Gasteiger partial charge in [-0.3, -0.25) is 4.90 Å². The van der Waals surface area contributed by atoms with Crippen molar-refractivity contribution in [2.24, 2.45) is 0 Å². The van der Waals surface area contributed by atoms with Crippen molar-refractivity contribution in [3.05, 3.63) is 23.8 Å². The molecule has 0 aromatic heterocycles. The molecule has 1 unspecified atom stereocenters. The standard InChI is InChI=1S/C17H25N3O5S.ClH/c1-24-15-4-3-13(17(21)25-2)11-16(15)26(22,23)20-8-5-14(12-20)19-9-6-18-7-10-19;/h3-4,11,14,18H,5-10,12H2,1-2H3;1H. The molecule has 27 heavy (non-hydrogen) atoms. The van der Waals surface area contributed by atoms with Crippen LogP contribution in [0.4, 0.5) is 0 Å². The van der Waals surface area contributed by atoms with E-state index in [0.717, 1.165) is 32.6 Å². The van der Waals surface area contributed by atoms with Gasteiger partial charge in [-0.05, 0) is 24.6 Å². The van der Waals surface area contributed by atoms with Gasteiger partial charge in [-0.25, -0.2) is 13.2 Å². The van der Waals surface area contributed by atoms with Crippen molar-refractivity contribution in [1.29, 1.82) is 0 Å². The van der Waals surface area contributed by atoms with E-state index in [4.69, 9.17) is 9.47 Å². The molecular formula is C17H26ClN3O5S. The van der Waals surface area contributed by atoms with Gasteiger partial charge in [0.05, 0.1) is 19.8 Å². The SMILES string of the molecule is COC(=O)c1ccc(OC)c(S(=O)(=O)N2CCC(N3CCNCC3)C2)c1.Cl. The van der Waals surface area contributed by atoms with Crippen molar-refractivity contribution < 1.29 is 22.7 Å². The molecule has 0 amide bonds. The Kier molecular flexibility index (Phi) is 7.47. The number of benzene rings is 1. The van der Waals surface area contributed by atoms with Crippen molar-refractivity contribution in [3.63, 3.8) is 0 Å². The number of carbonyl (C=O) groups excluding carboxylic acids is 1. The summed E-state index contributed by atoms with van der Waals surface area (Å²) in [4.78, 5) is 14.1. The molecule has 0 aliphatic carbocycles. The highest BCUT2D eigenvalue weighted by molar-refractivity contribution is 7.89. The summed E-state index contributed by atoms with van der Waals surface area (Å²) in [6.45, 7) is 4.63. The van der Waals surface area contributed by atoms with Gasteiger partial charge < -0.3 is 14.8 Å². The summed E-state index contributed by atoms with van der Waals surface area (Å²) in [6, 6.07) is 4.54. The molecule has 1 N–H and O–H groups in total. The number of halogens is 1. The Labute approximate surface area is 166 Å². The first kappa shape index (κ1) is 21.9. The number of sulfonamides is 1. The van der Waals surface area contributed by atoms with E-state index in [0.29, 0.717) is 13.1 Å². The van der Waals surface area contributed by atoms with Gasteiger partial charge in [0.1, 0.15) is 10.6 Å². The molecule has 2 aliphatic heterocycles. The van der Waals surface area contributed by atoms with Crippen LogP contribution in [0.5, 0.6) is 5.75 Å². The topological polar surface area (TPSA) is 88.2 Å². The van der Waals surface area contributed by atoms with Crippen molar-refractivity contribution in [2.45, 2.75) is 17.4 Å². The van der Waals surface area contributed by atoms with Gasteiger partial charge in [0.2, 0.25) is 10.0 Å². The number of hydrogen-bond acceptors (Lipinski definition) is 7. The lowest BCUT2D eigenvalue weighted by Crippen LogP contribution is -2.49. The first-order valence-corrected chi connectivity index (χ1v) is 10.1. The van der Waals surface area contributed by atoms with Gasteiger partial charge >= 0.3 is 5.97 Å². The van der Waals surface area contributed by atoms with Crippen LogP contribution in [-0.2, 0) is 14.8 Å². The molecule has 2 saturated heterocycles. The molecule has 2 heterocycles. The smallest absolute Gasteiger partial charge is 0.337 e. The van der Waals surface area contributed by atoms with Gasteiger partial charge in [0, 0.05) is 45.3 Å². The summed E-state index contributed by atoms with van der Waals surface area (Å²) in [5.41, 5.74) is 0.185. The summed E-state index contributed by atoms with van der Waals surface area (Å²) >= 11 is 0. The van der Waals surface area contributed by atoms with Crippen LogP contribution in [0.25, 0.3) is 0 Å². The van der Waals surface area contributed by atoms with E-state index in [1.54, 1.807) is 0 Å². The minimum absolute atomic E-state index is 0. The lowest BCUT2D eigenvalue weighted by Gasteiger charge is -2.32. The maximum absolute atomic E-state index is 13.2. The number of hydrogen-bond donors (Lipinski definition) is 1. The van der Waals surface area contributed by atoms with E-state index in [9.17, 15) is 13.2 Å². The first-order chi connectivity index (χ1) is 12.5. The Morgan fingerprint density at radius 1 is 1.19 bits per heavy atom. The number of nitrogens with one attached hydrogen (secondary N) is 1. The van der Waals surface area contributed by atoms with Crippen LogP contribution in [0.2, 0.25) is 0 Å². The van der Waals surface area contributed by atoms with Crippen LogP contribution in [0.1, 0.15) is 16.8 Å². The number of methoxy groups -OCH3 is 2. The monoisotopic (exact) mass is 419 g/mol. The molecule has 1 aromatic rings. The third-order valence-electron chi connectivity index (χ3n) is 5.00. The largest absolute Gasteiger partial charge is 0.495 e. The number of ether oxygens (including phenoxy) is 2. The third kappa shape index (κ3) is 4.55. The number of nitrogens with zero attached hydrogens (tertiary/aromatic N) is 2. The maximum atomic E-state index is 13.2. The molecule has 1 aromatic carbocycles. The summed E-state index contributed by atoms with van der Waals surface area (Å²) in [5, 5.41) is 3.31. The number of piperazine rings is 1. The molecule has 3 rings (SSSR count). The molecule has 0 saturated carbocycles. The summed E-state index contributed by atoms with van der Waals surface area (Å²) in [5.74, 6) is -0.354. The molecule has 10 heteroatoms. The minimum Gasteiger partial charge on any atom is -0.495 e. The molecule has 0 spiro atoms. The fraction of sp³-hybridized carbons (Fsp3) is 0.588. The molecule has 0 radical (unpaired) electrons. The highest BCUT2D eigenvalue weighted by Crippen LogP contribution is 2.31. The van der Waals surface area contributed by atoms with Crippen LogP contribution < -0.4 is 10.1 Å². The van der Waals surface area contributed by atoms with Crippen molar-refractivity contribution >= 4 is 28.4 Å². The first-order valence-electron chi connectivity index (χ1n) is 8.68. The molecule has 2 fully saturated rings. The van der Waals surface area contributed by atoms with Crippen molar-refractivity contribution in [3.8, 4) is 5.75 Å². The number of rotatable bonds is 5. The van der Waals surface area contributed by atoms with E-state index >= 15 is 0 Å². The fourth-order valence-electron chi connectivity index (χ4n) is 3.54. The van der Waals surface area contributed by atoms with Crippen LogP contribution in [-0.4, -0.2) is 83.1 Å². The van der Waals surface area contributed by atoms with Crippen molar-refractivity contribution in [1.82, 2.24) is 14.5 Å². The summed E-state index contributed by atoms with van der Waals surface area (Å²) in [6.07, 6.45) is 0.804. The second kappa shape index (κ2) is 9.20. The van der Waals surface area contributed by atoms with Crippen LogP contribution in [0, 0.1) is 0 Å². The number of carbonyl (C=O) groups is 1. The predicted octanol–water partition coefficient (Wildman–Crippen LogP) is 0.572. The average molecular weight is 420 g/mol. The zero-order valence-electron chi connectivity index (χ0n) is 15.5. The lowest BCUT2D eigenvalue weighted by atomic mass is 10.2. The van der Waals surface area contributed by atoms with E-state index < -0.39 is 16.0 Å². The molecule has 1 atom stereocenters. The Morgan fingerprint density at radius 2 is 1.89 bits per heavy atom. The predicted molar refractivity (Wildman–Crippen MR) is 103 cm³/mol. The second-order valence-corrected chi connectivity index (χ2v) is 8.36.